The normalized spacial score (nSPS) is 14.9. The maximum Gasteiger partial charge on any atom is 0.257 e. The van der Waals surface area contributed by atoms with Crippen LogP contribution in [0, 0.1) is 0 Å². The number of aromatic nitrogens is 2. The lowest BCUT2D eigenvalue weighted by molar-refractivity contribution is 0.102. The van der Waals surface area contributed by atoms with Crippen LogP contribution in [0.5, 0.6) is 0 Å². The van der Waals surface area contributed by atoms with Crippen LogP contribution < -0.4 is 5.32 Å². The Morgan fingerprint density at radius 2 is 1.67 bits per heavy atom. The minimum Gasteiger partial charge on any atom is -0.299 e. The lowest BCUT2D eigenvalue weighted by atomic mass is 10.1. The first-order valence-electron chi connectivity index (χ1n) is 10.4. The second kappa shape index (κ2) is 10.7. The third-order valence-electron chi connectivity index (χ3n) is 5.15. The number of benzene rings is 2. The molecule has 1 aliphatic rings. The predicted molar refractivity (Wildman–Crippen MR) is 124 cm³/mol. The molecule has 4 rings (SSSR count). The Morgan fingerprint density at radius 1 is 0.933 bits per heavy atom. The number of carbonyl (C=O) groups excluding carboxylic acids is 1. The largest absolute Gasteiger partial charge is 0.299 e. The fourth-order valence-electron chi connectivity index (χ4n) is 3.52. The summed E-state index contributed by atoms with van der Waals surface area (Å²) in [6, 6.07) is 18.2. The molecule has 0 bridgehead atoms. The topological polar surface area (TPSA) is 58.1 Å². The fourth-order valence-corrected chi connectivity index (χ4v) is 5.22. The van der Waals surface area contributed by atoms with Crippen molar-refractivity contribution in [1.82, 2.24) is 15.1 Å². The van der Waals surface area contributed by atoms with Gasteiger partial charge in [0.1, 0.15) is 0 Å². The Hall–Kier alpha value is -2.22. The second-order valence-electron chi connectivity index (χ2n) is 7.49. The zero-order valence-corrected chi connectivity index (χ0v) is 18.6. The number of likely N-dealkylation sites (tertiary alicyclic amines) is 1. The molecular weight excluding hydrogens is 412 g/mol. The van der Waals surface area contributed by atoms with E-state index in [2.05, 4.69) is 44.7 Å². The van der Waals surface area contributed by atoms with Gasteiger partial charge in [0, 0.05) is 17.9 Å². The summed E-state index contributed by atoms with van der Waals surface area (Å²) in [6.45, 7) is 3.30. The molecule has 0 spiro atoms. The molecule has 1 aromatic heterocycles. The van der Waals surface area contributed by atoms with Gasteiger partial charge in [-0.25, -0.2) is 0 Å². The van der Waals surface area contributed by atoms with Crippen molar-refractivity contribution in [3.05, 3.63) is 71.3 Å². The summed E-state index contributed by atoms with van der Waals surface area (Å²) in [5.74, 6) is 0.689. The fraction of sp³-hybridized carbons (Fsp3) is 0.348. The molecule has 1 amide bonds. The minimum atomic E-state index is -0.146. The molecule has 1 N–H and O–H groups in total. The second-order valence-corrected chi connectivity index (χ2v) is 9.69. The third-order valence-corrected chi connectivity index (χ3v) is 7.20. The molecule has 0 saturated carbocycles. The smallest absolute Gasteiger partial charge is 0.257 e. The van der Waals surface area contributed by atoms with Crippen molar-refractivity contribution >= 4 is 34.1 Å². The van der Waals surface area contributed by atoms with Crippen molar-refractivity contribution in [2.45, 2.75) is 42.3 Å². The molecule has 156 valence electrons. The van der Waals surface area contributed by atoms with Crippen LogP contribution in [-0.4, -0.2) is 34.1 Å². The molecular formula is C23H26N4OS2. The monoisotopic (exact) mass is 438 g/mol. The van der Waals surface area contributed by atoms with Gasteiger partial charge < -0.3 is 0 Å². The van der Waals surface area contributed by atoms with Crippen LogP contribution in [0.3, 0.4) is 0 Å². The van der Waals surface area contributed by atoms with E-state index in [1.807, 2.05) is 30.3 Å². The number of amides is 1. The number of hydrogen-bond donors (Lipinski definition) is 1. The van der Waals surface area contributed by atoms with Crippen LogP contribution in [0.25, 0.3) is 0 Å². The van der Waals surface area contributed by atoms with Gasteiger partial charge in [-0.2, -0.15) is 0 Å². The van der Waals surface area contributed by atoms with E-state index in [0.29, 0.717) is 10.7 Å². The van der Waals surface area contributed by atoms with Crippen LogP contribution in [-0.2, 0) is 12.3 Å². The molecule has 7 heteroatoms. The Bertz CT molecular complexity index is 935. The van der Waals surface area contributed by atoms with Gasteiger partial charge in [0.15, 0.2) is 4.34 Å². The molecule has 0 aliphatic carbocycles. The van der Waals surface area contributed by atoms with E-state index in [1.54, 1.807) is 11.8 Å². The highest BCUT2D eigenvalue weighted by Crippen LogP contribution is 2.28. The van der Waals surface area contributed by atoms with Gasteiger partial charge in [-0.1, -0.05) is 78.4 Å². The van der Waals surface area contributed by atoms with Crippen LogP contribution >= 0.6 is 23.1 Å². The van der Waals surface area contributed by atoms with Crippen molar-refractivity contribution in [3.8, 4) is 0 Å². The molecule has 0 atom stereocenters. The highest BCUT2D eigenvalue weighted by Gasteiger charge is 2.12. The SMILES string of the molecule is O=C(Nc1nnc(SCc2ccccc2)s1)c1ccc(CN2CCCCCC2)cc1. The molecule has 1 aliphatic heterocycles. The first-order chi connectivity index (χ1) is 14.8. The zero-order valence-electron chi connectivity index (χ0n) is 16.9. The van der Waals surface area contributed by atoms with Gasteiger partial charge in [-0.3, -0.25) is 15.0 Å². The van der Waals surface area contributed by atoms with Gasteiger partial charge in [-0.15, -0.1) is 10.2 Å². The van der Waals surface area contributed by atoms with E-state index in [9.17, 15) is 4.79 Å². The maximum atomic E-state index is 12.6. The van der Waals surface area contributed by atoms with E-state index >= 15 is 0 Å². The summed E-state index contributed by atoms with van der Waals surface area (Å²) in [6.07, 6.45) is 5.25. The van der Waals surface area contributed by atoms with E-state index in [-0.39, 0.29) is 5.91 Å². The van der Waals surface area contributed by atoms with Crippen molar-refractivity contribution in [2.75, 3.05) is 18.4 Å². The van der Waals surface area contributed by atoms with E-state index in [4.69, 9.17) is 0 Å². The molecule has 2 heterocycles. The Labute approximate surface area is 185 Å². The quantitative estimate of drug-likeness (QED) is 0.392. The summed E-state index contributed by atoms with van der Waals surface area (Å²) >= 11 is 3.03. The van der Waals surface area contributed by atoms with Crippen LogP contribution in [0.1, 0.15) is 47.2 Å². The molecule has 3 aromatic rings. The average Bonchev–Trinajstić information content (AvgIpc) is 3.06. The third kappa shape index (κ3) is 6.14. The molecule has 0 unspecified atom stereocenters. The molecule has 0 radical (unpaired) electrons. The van der Waals surface area contributed by atoms with Crippen molar-refractivity contribution < 1.29 is 4.79 Å². The maximum absolute atomic E-state index is 12.6. The van der Waals surface area contributed by atoms with E-state index in [1.165, 1.54) is 61.2 Å². The standard InChI is InChI=1S/C23H26N4OS2/c28-21(20-12-10-18(11-13-20)16-27-14-6-1-2-7-15-27)24-22-25-26-23(30-22)29-17-19-8-4-3-5-9-19/h3-5,8-13H,1-2,6-7,14-17H2,(H,24,25,28). The van der Waals surface area contributed by atoms with E-state index in [0.717, 1.165) is 16.6 Å². The van der Waals surface area contributed by atoms with Crippen molar-refractivity contribution in [2.24, 2.45) is 0 Å². The average molecular weight is 439 g/mol. The number of anilines is 1. The number of carbonyl (C=O) groups is 1. The Kier molecular flexibility index (Phi) is 7.50. The number of nitrogens with one attached hydrogen (secondary N) is 1. The minimum absolute atomic E-state index is 0.146. The molecule has 30 heavy (non-hydrogen) atoms. The first kappa shape index (κ1) is 21.0. The lowest BCUT2D eigenvalue weighted by Gasteiger charge is -2.19. The van der Waals surface area contributed by atoms with Gasteiger partial charge in [0.25, 0.3) is 5.91 Å². The summed E-state index contributed by atoms with van der Waals surface area (Å²) in [5.41, 5.74) is 3.14. The molecule has 2 aromatic carbocycles. The number of rotatable bonds is 7. The summed E-state index contributed by atoms with van der Waals surface area (Å²) in [4.78, 5) is 15.1. The summed E-state index contributed by atoms with van der Waals surface area (Å²) in [7, 11) is 0. The summed E-state index contributed by atoms with van der Waals surface area (Å²) < 4.78 is 0.849. The van der Waals surface area contributed by atoms with Gasteiger partial charge >= 0.3 is 0 Å². The van der Waals surface area contributed by atoms with Gasteiger partial charge in [0.05, 0.1) is 0 Å². The molecule has 1 fully saturated rings. The van der Waals surface area contributed by atoms with E-state index < -0.39 is 0 Å². The highest BCUT2D eigenvalue weighted by atomic mass is 32.2. The van der Waals surface area contributed by atoms with Gasteiger partial charge in [0.2, 0.25) is 5.13 Å². The predicted octanol–water partition coefficient (Wildman–Crippen LogP) is 5.46. The van der Waals surface area contributed by atoms with Crippen molar-refractivity contribution in [3.63, 3.8) is 0 Å². The van der Waals surface area contributed by atoms with Crippen molar-refractivity contribution in [1.29, 1.82) is 0 Å². The van der Waals surface area contributed by atoms with Crippen LogP contribution in [0.2, 0.25) is 0 Å². The van der Waals surface area contributed by atoms with Crippen LogP contribution in [0.4, 0.5) is 5.13 Å². The number of nitrogens with zero attached hydrogens (tertiary/aromatic N) is 3. The lowest BCUT2D eigenvalue weighted by Crippen LogP contribution is -2.24. The van der Waals surface area contributed by atoms with Gasteiger partial charge in [-0.05, 0) is 49.2 Å². The Morgan fingerprint density at radius 3 is 2.40 bits per heavy atom. The summed E-state index contributed by atoms with van der Waals surface area (Å²) in [5, 5.41) is 11.7. The highest BCUT2D eigenvalue weighted by molar-refractivity contribution is 8.00. The Balaban J connectivity index is 1.29. The molecule has 1 saturated heterocycles. The molecule has 5 nitrogen and oxygen atoms in total. The number of hydrogen-bond acceptors (Lipinski definition) is 6. The first-order valence-corrected chi connectivity index (χ1v) is 12.2. The zero-order chi connectivity index (χ0) is 20.6. The number of thioether (sulfide) groups is 1. The van der Waals surface area contributed by atoms with Crippen LogP contribution in [0.15, 0.2) is 58.9 Å².